The van der Waals surface area contributed by atoms with Crippen molar-refractivity contribution in [3.8, 4) is 0 Å². The summed E-state index contributed by atoms with van der Waals surface area (Å²) < 4.78 is 24.7. The first-order chi connectivity index (χ1) is 10.8. The van der Waals surface area contributed by atoms with Crippen molar-refractivity contribution in [2.45, 2.75) is 13.3 Å². The maximum atomic E-state index is 11.9. The van der Waals surface area contributed by atoms with Crippen LogP contribution in [0.15, 0.2) is 29.1 Å². The van der Waals surface area contributed by atoms with Gasteiger partial charge in [0.1, 0.15) is 0 Å². The molecule has 3 N–H and O–H groups in total. The molecule has 1 amide bonds. The number of amides is 1. The van der Waals surface area contributed by atoms with Gasteiger partial charge in [0.25, 0.3) is 5.56 Å². The molecule has 1 aromatic carbocycles. The number of sulfonamides is 1. The lowest BCUT2D eigenvalue weighted by atomic mass is 10.1. The van der Waals surface area contributed by atoms with Gasteiger partial charge in [0.2, 0.25) is 15.9 Å². The van der Waals surface area contributed by atoms with Crippen LogP contribution in [0.3, 0.4) is 0 Å². The largest absolute Gasteiger partial charge is 0.355 e. The second kappa shape index (κ2) is 6.93. The number of hydrogen-bond donors (Lipinski definition) is 3. The Hall–Kier alpha value is -2.19. The molecule has 0 aliphatic carbocycles. The van der Waals surface area contributed by atoms with E-state index in [0.29, 0.717) is 11.1 Å². The number of hydrogen-bond acceptors (Lipinski definition) is 4. The van der Waals surface area contributed by atoms with E-state index in [1.54, 1.807) is 25.1 Å². The zero-order valence-corrected chi connectivity index (χ0v) is 13.8. The number of aryl methyl sites for hydroxylation is 1. The van der Waals surface area contributed by atoms with Crippen LogP contribution in [0.25, 0.3) is 10.9 Å². The molecule has 0 radical (unpaired) electrons. The van der Waals surface area contributed by atoms with Gasteiger partial charge >= 0.3 is 0 Å². The van der Waals surface area contributed by atoms with E-state index in [1.165, 1.54) is 7.05 Å². The standard InChI is InChI=1S/C15H19N3O4S/c1-10-7-12-8-11(3-4-13(12)18-15(10)20)9-14(19)17-5-6-23(21,22)16-2/h3-4,7-8,16H,5-6,9H2,1-2H3,(H,17,19)(H,18,20). The molecule has 23 heavy (non-hydrogen) atoms. The highest BCUT2D eigenvalue weighted by molar-refractivity contribution is 7.89. The molecule has 0 unspecified atom stereocenters. The number of rotatable bonds is 6. The summed E-state index contributed by atoms with van der Waals surface area (Å²) in [5, 5.41) is 3.43. The van der Waals surface area contributed by atoms with Gasteiger partial charge in [-0.3, -0.25) is 9.59 Å². The normalized spacial score (nSPS) is 11.6. The van der Waals surface area contributed by atoms with Gasteiger partial charge < -0.3 is 10.3 Å². The summed E-state index contributed by atoms with van der Waals surface area (Å²) in [6.07, 6.45) is 0.147. The van der Waals surface area contributed by atoms with Crippen molar-refractivity contribution < 1.29 is 13.2 Å². The Morgan fingerprint density at radius 2 is 2.00 bits per heavy atom. The molecular formula is C15H19N3O4S. The molecule has 2 rings (SSSR count). The lowest BCUT2D eigenvalue weighted by Crippen LogP contribution is -2.33. The van der Waals surface area contributed by atoms with Crippen LogP contribution in [0.4, 0.5) is 0 Å². The molecule has 0 aliphatic heterocycles. The van der Waals surface area contributed by atoms with Gasteiger partial charge in [-0.1, -0.05) is 6.07 Å². The van der Waals surface area contributed by atoms with E-state index in [1.807, 2.05) is 6.07 Å². The van der Waals surface area contributed by atoms with Crippen molar-refractivity contribution in [3.63, 3.8) is 0 Å². The van der Waals surface area contributed by atoms with Crippen molar-refractivity contribution in [2.75, 3.05) is 19.3 Å². The monoisotopic (exact) mass is 337 g/mol. The van der Waals surface area contributed by atoms with Gasteiger partial charge in [-0.15, -0.1) is 0 Å². The SMILES string of the molecule is CNS(=O)(=O)CCNC(=O)Cc1ccc2[nH]c(=O)c(C)cc2c1. The Morgan fingerprint density at radius 1 is 1.26 bits per heavy atom. The minimum atomic E-state index is -3.32. The Kier molecular flexibility index (Phi) is 5.17. The fraction of sp³-hybridized carbons (Fsp3) is 0.333. The zero-order chi connectivity index (χ0) is 17.0. The molecule has 8 heteroatoms. The number of carbonyl (C=O) groups excluding carboxylic acids is 1. The Labute approximate surface area is 134 Å². The van der Waals surface area contributed by atoms with E-state index in [9.17, 15) is 18.0 Å². The third-order valence-corrected chi connectivity index (χ3v) is 4.83. The van der Waals surface area contributed by atoms with Crippen molar-refractivity contribution in [1.82, 2.24) is 15.0 Å². The lowest BCUT2D eigenvalue weighted by molar-refractivity contribution is -0.120. The Balaban J connectivity index is 2.02. The summed E-state index contributed by atoms with van der Waals surface area (Å²) in [6.45, 7) is 1.78. The van der Waals surface area contributed by atoms with Gasteiger partial charge in [-0.05, 0) is 43.1 Å². The molecule has 0 saturated heterocycles. The van der Waals surface area contributed by atoms with E-state index in [4.69, 9.17) is 0 Å². The predicted octanol–water partition coefficient (Wildman–Crippen LogP) is 0.0444. The molecule has 0 spiro atoms. The minimum Gasteiger partial charge on any atom is -0.355 e. The molecule has 1 aromatic heterocycles. The predicted molar refractivity (Wildman–Crippen MR) is 88.9 cm³/mol. The summed E-state index contributed by atoms with van der Waals surface area (Å²) >= 11 is 0. The summed E-state index contributed by atoms with van der Waals surface area (Å²) in [6, 6.07) is 7.12. The van der Waals surface area contributed by atoms with Crippen molar-refractivity contribution in [3.05, 3.63) is 45.7 Å². The molecule has 124 valence electrons. The molecule has 2 aromatic rings. The molecule has 0 saturated carbocycles. The molecule has 0 atom stereocenters. The van der Waals surface area contributed by atoms with Crippen LogP contribution >= 0.6 is 0 Å². The van der Waals surface area contributed by atoms with Gasteiger partial charge in [0, 0.05) is 17.6 Å². The highest BCUT2D eigenvalue weighted by Gasteiger charge is 2.09. The second-order valence-electron chi connectivity index (χ2n) is 5.25. The second-order valence-corrected chi connectivity index (χ2v) is 7.30. The molecule has 7 nitrogen and oxygen atoms in total. The quantitative estimate of drug-likeness (QED) is 0.692. The number of H-pyrrole nitrogens is 1. The Morgan fingerprint density at radius 3 is 2.70 bits per heavy atom. The van der Waals surface area contributed by atoms with Crippen molar-refractivity contribution >= 4 is 26.8 Å². The third-order valence-electron chi connectivity index (χ3n) is 3.46. The topological polar surface area (TPSA) is 108 Å². The van der Waals surface area contributed by atoms with Crippen molar-refractivity contribution in [1.29, 1.82) is 0 Å². The van der Waals surface area contributed by atoms with Gasteiger partial charge in [0.05, 0.1) is 12.2 Å². The number of aromatic amines is 1. The number of carbonyl (C=O) groups is 1. The number of fused-ring (bicyclic) bond motifs is 1. The van der Waals surface area contributed by atoms with Gasteiger partial charge in [0.15, 0.2) is 0 Å². The van der Waals surface area contributed by atoms with Crippen LogP contribution in [-0.2, 0) is 21.2 Å². The summed E-state index contributed by atoms with van der Waals surface area (Å²) in [5.74, 6) is -0.412. The van der Waals surface area contributed by atoms with Crippen LogP contribution in [0.1, 0.15) is 11.1 Å². The van der Waals surface area contributed by atoms with Crippen LogP contribution in [0.2, 0.25) is 0 Å². The minimum absolute atomic E-state index is 0.0576. The molecule has 0 fully saturated rings. The van der Waals surface area contributed by atoms with E-state index >= 15 is 0 Å². The van der Waals surface area contributed by atoms with E-state index < -0.39 is 10.0 Å². The lowest BCUT2D eigenvalue weighted by Gasteiger charge is -2.07. The van der Waals surface area contributed by atoms with E-state index in [2.05, 4.69) is 15.0 Å². The number of pyridine rings is 1. The van der Waals surface area contributed by atoms with E-state index in [-0.39, 0.29) is 30.2 Å². The van der Waals surface area contributed by atoms with Crippen LogP contribution < -0.4 is 15.6 Å². The molecule has 0 aliphatic rings. The fourth-order valence-electron chi connectivity index (χ4n) is 2.15. The number of benzene rings is 1. The summed E-state index contributed by atoms with van der Waals surface area (Å²) in [7, 11) is -1.99. The van der Waals surface area contributed by atoms with Gasteiger partial charge in [-0.2, -0.15) is 0 Å². The van der Waals surface area contributed by atoms with Crippen LogP contribution in [0.5, 0.6) is 0 Å². The molecule has 0 bridgehead atoms. The van der Waals surface area contributed by atoms with E-state index in [0.717, 1.165) is 10.9 Å². The first-order valence-electron chi connectivity index (χ1n) is 7.11. The molecule has 1 heterocycles. The summed E-state index contributed by atoms with van der Waals surface area (Å²) in [4.78, 5) is 26.2. The average Bonchev–Trinajstić information content (AvgIpc) is 2.48. The Bertz CT molecular complexity index is 887. The third kappa shape index (κ3) is 4.64. The maximum Gasteiger partial charge on any atom is 0.251 e. The first-order valence-corrected chi connectivity index (χ1v) is 8.76. The highest BCUT2D eigenvalue weighted by atomic mass is 32.2. The highest BCUT2D eigenvalue weighted by Crippen LogP contribution is 2.14. The smallest absolute Gasteiger partial charge is 0.251 e. The summed E-state index contributed by atoms with van der Waals surface area (Å²) in [5.41, 5.74) is 1.98. The number of nitrogens with one attached hydrogen (secondary N) is 3. The zero-order valence-electron chi connectivity index (χ0n) is 13.0. The van der Waals surface area contributed by atoms with Crippen LogP contribution in [0, 0.1) is 6.92 Å². The van der Waals surface area contributed by atoms with Gasteiger partial charge in [-0.25, -0.2) is 13.1 Å². The average molecular weight is 337 g/mol. The van der Waals surface area contributed by atoms with Crippen LogP contribution in [-0.4, -0.2) is 38.7 Å². The fourth-order valence-corrected chi connectivity index (χ4v) is 2.72. The van der Waals surface area contributed by atoms with Crippen molar-refractivity contribution in [2.24, 2.45) is 0 Å². The number of aromatic nitrogens is 1. The first kappa shape index (κ1) is 17.2. The maximum absolute atomic E-state index is 11.9. The molecular weight excluding hydrogens is 318 g/mol.